The molecule has 2 heterocycles. The molecule has 2 aliphatic heterocycles. The van der Waals surface area contributed by atoms with Gasteiger partial charge in [-0.2, -0.15) is 0 Å². The number of aliphatic hydroxyl groups is 1. The summed E-state index contributed by atoms with van der Waals surface area (Å²) in [7, 11) is 0. The van der Waals surface area contributed by atoms with Crippen molar-refractivity contribution >= 4 is 105 Å². The molecule has 10 nitrogen and oxygen atoms in total. The first-order chi connectivity index (χ1) is 68.5. The molecule has 2 aliphatic rings. The maximum absolute atomic E-state index is 17.6. The van der Waals surface area contributed by atoms with Gasteiger partial charge in [0.25, 0.3) is 17.7 Å². The van der Waals surface area contributed by atoms with Gasteiger partial charge in [0.15, 0.2) is 6.23 Å². The number of carbonyl (C=O) groups is 3. The lowest BCUT2D eigenvalue weighted by Crippen LogP contribution is -2.42. The van der Waals surface area contributed by atoms with E-state index < -0.39 is 18.0 Å². The summed E-state index contributed by atoms with van der Waals surface area (Å²) >= 11 is 0. The number of benzene rings is 14. The van der Waals surface area contributed by atoms with Crippen LogP contribution in [0.15, 0.2) is 133 Å². The smallest absolute Gasteiger partial charge is 0.266 e. The fourth-order valence-electron chi connectivity index (χ4n) is 26.6. The lowest BCUT2D eigenvalue weighted by molar-refractivity contribution is 0.0870. The van der Waals surface area contributed by atoms with Crippen LogP contribution in [0.1, 0.15) is 533 Å². The second-order valence-electron chi connectivity index (χ2n) is 56.1. The zero-order valence-electron chi connectivity index (χ0n) is 98.7. The molecule has 0 spiro atoms. The van der Waals surface area contributed by atoms with E-state index in [-0.39, 0.29) is 120 Å². The molecule has 0 bridgehead atoms. The highest BCUT2D eigenvalue weighted by Gasteiger charge is 2.47. The Bertz CT molecular complexity index is 7210. The molecule has 14 aromatic carbocycles. The van der Waals surface area contributed by atoms with E-state index in [0.717, 1.165) is 164 Å². The van der Waals surface area contributed by atoms with Crippen LogP contribution in [0.5, 0.6) is 46.0 Å². The number of hydrogen-bond acceptors (Lipinski definition) is 8. The Morgan fingerprint density at radius 2 is 0.453 bits per heavy atom. The highest BCUT2D eigenvalue weighted by Crippen LogP contribution is 2.63. The van der Waals surface area contributed by atoms with Crippen molar-refractivity contribution in [2.75, 3.05) is 9.80 Å². The van der Waals surface area contributed by atoms with Crippen molar-refractivity contribution in [2.24, 2.45) is 21.7 Å². The summed E-state index contributed by atoms with van der Waals surface area (Å²) in [4.78, 5) is 55.9. The SMILES string of the molecule is CC(C)c1cc(C(C)(C)CC(C)(C)C)cc(C(C)C)c1Oc1cc2c3c(cc(Oc4c(C(C)C)cc(C(C)(C)CC(C)(C)C)cc4C(C)C)c4c5ccc6c7c(Oc8c(C(C)C)cc(C(C)(C)CC(C)(C)C)cc8C(C)C)cc8c9c(cc(Oc%10c(C(C)C)cc(C(C)(C)CC(C)(C)C)cc%10C(C)C)c(c%10ccc(c1c34)c5c%106)c97)C(=O)N(c1c(C(C)C)cccc1C(C)C)C8O)C(=O)N(c1c(C(C)C)cccc1C(C)C)C2=O. The van der Waals surface area contributed by atoms with Crippen molar-refractivity contribution in [1.82, 2.24) is 0 Å². The summed E-state index contributed by atoms with van der Waals surface area (Å²) in [6.45, 7) is 101. The van der Waals surface area contributed by atoms with Crippen molar-refractivity contribution in [3.63, 3.8) is 0 Å². The van der Waals surface area contributed by atoms with Gasteiger partial charge < -0.3 is 24.1 Å². The van der Waals surface area contributed by atoms with Crippen molar-refractivity contribution in [2.45, 2.75) is 429 Å². The Balaban J connectivity index is 1.19. The van der Waals surface area contributed by atoms with E-state index in [2.05, 4.69) is 420 Å². The summed E-state index contributed by atoms with van der Waals surface area (Å²) < 4.78 is 33.8. The molecule has 0 aliphatic carbocycles. The van der Waals surface area contributed by atoms with Crippen LogP contribution in [0.3, 0.4) is 0 Å². The second-order valence-corrected chi connectivity index (χ2v) is 56.1. The van der Waals surface area contributed by atoms with Gasteiger partial charge in [0.05, 0.1) is 28.1 Å². The number of rotatable bonds is 30. The number of amides is 3. The van der Waals surface area contributed by atoms with Crippen molar-refractivity contribution in [3.8, 4) is 46.0 Å². The number of carbonyl (C=O) groups excluding carboxylic acids is 3. The predicted molar refractivity (Wildman–Crippen MR) is 631 cm³/mol. The van der Waals surface area contributed by atoms with Gasteiger partial charge in [0.1, 0.15) is 46.0 Å². The van der Waals surface area contributed by atoms with Gasteiger partial charge in [-0.25, -0.2) is 4.90 Å². The molecule has 0 saturated heterocycles. The van der Waals surface area contributed by atoms with E-state index >= 15 is 14.4 Å². The molecule has 0 saturated carbocycles. The van der Waals surface area contributed by atoms with Gasteiger partial charge in [0, 0.05) is 48.7 Å². The Labute approximate surface area is 888 Å². The highest BCUT2D eigenvalue weighted by molar-refractivity contribution is 6.48. The van der Waals surface area contributed by atoms with Crippen LogP contribution < -0.4 is 28.7 Å². The molecule has 1 N–H and O–H groups in total. The summed E-state index contributed by atoms with van der Waals surface area (Å²) in [5.74, 6) is 3.04. The largest absolute Gasteiger partial charge is 0.456 e. The van der Waals surface area contributed by atoms with E-state index in [1.54, 1.807) is 4.90 Å². The minimum atomic E-state index is -1.52. The first-order valence-electron chi connectivity index (χ1n) is 56.1. The molecule has 14 aromatic rings. The zero-order chi connectivity index (χ0) is 109. The van der Waals surface area contributed by atoms with Crippen LogP contribution in [-0.4, -0.2) is 22.8 Å². The Morgan fingerprint density at radius 1 is 0.243 bits per heavy atom. The summed E-state index contributed by atoms with van der Waals surface area (Å²) in [6.07, 6.45) is 2.21. The first-order valence-corrected chi connectivity index (χ1v) is 56.1. The first kappa shape index (κ1) is 110. The van der Waals surface area contributed by atoms with E-state index in [9.17, 15) is 5.11 Å². The van der Waals surface area contributed by atoms with Crippen molar-refractivity contribution < 1.29 is 38.4 Å². The lowest BCUT2D eigenvalue weighted by Gasteiger charge is -2.38. The molecule has 16 rings (SSSR count). The molecule has 0 aromatic heterocycles. The normalized spacial score (nSPS) is 14.8. The van der Waals surface area contributed by atoms with Crippen LogP contribution in [0.4, 0.5) is 11.4 Å². The average molecular weight is 1990 g/mol. The molecular weight excluding hydrogens is 1810 g/mol. The highest BCUT2D eigenvalue weighted by atomic mass is 16.5. The topological polar surface area (TPSA) is 115 Å². The minimum absolute atomic E-state index is 0.00125. The number of ether oxygens (including phenoxy) is 4. The van der Waals surface area contributed by atoms with Crippen molar-refractivity contribution in [1.29, 1.82) is 0 Å². The Hall–Kier alpha value is -10.8. The number of nitrogens with zero attached hydrogens (tertiary/aromatic N) is 2. The number of aliphatic hydroxyl groups excluding tert-OH is 1. The van der Waals surface area contributed by atoms with Gasteiger partial charge in [0.2, 0.25) is 0 Å². The lowest BCUT2D eigenvalue weighted by atomic mass is 9.71. The number of imide groups is 1. The van der Waals surface area contributed by atoms with Crippen molar-refractivity contribution in [3.05, 3.63) is 245 Å². The van der Waals surface area contributed by atoms with Gasteiger partial charge in [-0.05, 0) is 286 Å². The molecule has 148 heavy (non-hydrogen) atoms. The summed E-state index contributed by atoms with van der Waals surface area (Å²) in [5, 5.41) is 25.0. The fourth-order valence-corrected chi connectivity index (χ4v) is 26.6. The van der Waals surface area contributed by atoms with Gasteiger partial charge in [-0.3, -0.25) is 19.3 Å². The van der Waals surface area contributed by atoms with Gasteiger partial charge in [-0.15, -0.1) is 0 Å². The third-order valence-corrected chi connectivity index (χ3v) is 32.3. The molecule has 1 unspecified atom stereocenters. The zero-order valence-corrected chi connectivity index (χ0v) is 98.7. The van der Waals surface area contributed by atoms with E-state index in [1.165, 1.54) is 27.2 Å². The summed E-state index contributed by atoms with van der Waals surface area (Å²) in [5.41, 5.74) is 19.0. The third-order valence-electron chi connectivity index (χ3n) is 32.3. The predicted octanol–water partition coefficient (Wildman–Crippen LogP) is 41.6. The Kier molecular flexibility index (Phi) is 28.8. The maximum Gasteiger partial charge on any atom is 0.266 e. The van der Waals surface area contributed by atoms with Crippen LogP contribution in [0.25, 0.3) is 75.4 Å². The molecule has 0 fully saturated rings. The summed E-state index contributed by atoms with van der Waals surface area (Å²) in [6, 6.07) is 49.1. The number of fused-ring (bicyclic) bond motifs is 4. The van der Waals surface area contributed by atoms with E-state index in [0.29, 0.717) is 83.6 Å². The molecule has 10 heteroatoms. The number of para-hydroxylation sites is 2. The standard InChI is InChI=1S/C138H176N2O8/c1-71(2)87-47-45-48-88(72(3)4)121(87)139-127(141)103-63-107(145-123-95(75(9)10)55-83(56-96(123)76(11)12)135(37,38)67-131(25,26)27)115-91-51-53-93-112-94(54-52-92(111(91)112)116-108(64-104(128(139)142)113(103)119(115)116)146-124-97(77(13)14)57-84(58-98(124)78(15)16)136(39,40)68-132(28,29)30)118-110(148-126-101(81(21)22)61-86(62-102(126)82(23)24)138(43,44)70-134(34,35)36)66-106-114-105(129(143)140(130(106)144)122-89(73(5)6)49-46-50-90(122)74(7)8)65-109(117(93)120(114)118)147-125-99(79(17)18)59-85(60-100(125)80(19)20)137(41,42)69-133(31,32)33/h45-66,71-82,127,141H,67-70H2,1-44H3. The van der Waals surface area contributed by atoms with Gasteiger partial charge in [-0.1, -0.05) is 414 Å². The fraction of sp³-hybridized carbons (Fsp3) is 0.500. The molecule has 786 valence electrons. The molecule has 1 atom stereocenters. The molecular formula is C138H176N2O8. The van der Waals surface area contributed by atoms with Crippen LogP contribution >= 0.6 is 0 Å². The van der Waals surface area contributed by atoms with Gasteiger partial charge >= 0.3 is 0 Å². The number of hydrogen-bond donors (Lipinski definition) is 1. The average Bonchev–Trinajstić information content (AvgIpc) is 0.663. The second kappa shape index (κ2) is 38.8. The number of anilines is 2. The molecule has 3 amide bonds. The van der Waals surface area contributed by atoms with E-state index in [1.807, 2.05) is 18.2 Å². The quantitative estimate of drug-likeness (QED) is 0.0269. The van der Waals surface area contributed by atoms with Crippen LogP contribution in [-0.2, 0) is 21.7 Å². The van der Waals surface area contributed by atoms with Crippen LogP contribution in [0, 0.1) is 21.7 Å². The maximum atomic E-state index is 17.6. The minimum Gasteiger partial charge on any atom is -0.456 e. The van der Waals surface area contributed by atoms with E-state index in [4.69, 9.17) is 18.9 Å². The van der Waals surface area contributed by atoms with Crippen LogP contribution in [0.2, 0.25) is 0 Å². The third kappa shape index (κ3) is 19.7. The molecule has 0 radical (unpaired) electrons. The Morgan fingerprint density at radius 3 is 0.676 bits per heavy atom. The monoisotopic (exact) mass is 1990 g/mol.